The Balaban J connectivity index is 1.47. The van der Waals surface area contributed by atoms with Gasteiger partial charge in [-0.25, -0.2) is 9.97 Å². The van der Waals surface area contributed by atoms with Crippen molar-refractivity contribution in [3.05, 3.63) is 65.0 Å². The first-order valence-corrected chi connectivity index (χ1v) is 18.7. The van der Waals surface area contributed by atoms with Crippen molar-refractivity contribution in [2.24, 2.45) is 5.92 Å². The molecule has 0 unspecified atom stereocenters. The lowest BCUT2D eigenvalue weighted by Crippen LogP contribution is -2.45. The molecule has 40 heavy (non-hydrogen) atoms. The minimum absolute atomic E-state index is 0.0155. The Morgan fingerprint density at radius 2 is 1.95 bits per heavy atom. The molecule has 0 saturated heterocycles. The topological polar surface area (TPSA) is 106 Å². The fourth-order valence-corrected chi connectivity index (χ4v) is 8.25. The highest BCUT2D eigenvalue weighted by atomic mass is 32.2. The molecule has 1 saturated carbocycles. The van der Waals surface area contributed by atoms with Crippen molar-refractivity contribution in [3.63, 3.8) is 0 Å². The van der Waals surface area contributed by atoms with Gasteiger partial charge in [-0.05, 0) is 67.4 Å². The third-order valence-corrected chi connectivity index (χ3v) is 14.4. The van der Waals surface area contributed by atoms with Crippen LogP contribution in [0.2, 0.25) is 18.1 Å². The molecule has 1 fully saturated rings. The van der Waals surface area contributed by atoms with E-state index in [9.17, 15) is 13.0 Å². The third kappa shape index (κ3) is 5.77. The largest absolute Gasteiger partial charge is 0.413 e. The summed E-state index contributed by atoms with van der Waals surface area (Å²) < 4.78 is 42.5. The molecule has 2 N–H and O–H groups in total. The number of anilines is 1. The minimum Gasteiger partial charge on any atom is -0.413 e. The zero-order chi connectivity index (χ0) is 28.9. The van der Waals surface area contributed by atoms with Crippen LogP contribution < -0.4 is 5.32 Å². The molecule has 8 nitrogen and oxygen atoms in total. The first-order valence-electron chi connectivity index (χ1n) is 14.3. The van der Waals surface area contributed by atoms with Crippen molar-refractivity contribution < 1.29 is 17.4 Å². The van der Waals surface area contributed by atoms with E-state index in [1.165, 1.54) is 11.1 Å². The molecular weight excluding hydrogens is 541 g/mol. The molecule has 0 radical (unpaired) electrons. The number of fused-ring (bicyclic) bond motifs is 2. The summed E-state index contributed by atoms with van der Waals surface area (Å²) in [5.41, 5.74) is 4.28. The minimum atomic E-state index is -4.25. The predicted octanol–water partition coefficient (Wildman–Crippen LogP) is 7.05. The fraction of sp³-hybridized carbons (Fsp3) is 0.533. The van der Waals surface area contributed by atoms with E-state index < -0.39 is 18.4 Å². The summed E-state index contributed by atoms with van der Waals surface area (Å²) in [6.45, 7) is 13.0. The van der Waals surface area contributed by atoms with Gasteiger partial charge in [0.25, 0.3) is 10.1 Å². The van der Waals surface area contributed by atoms with Crippen molar-refractivity contribution >= 4 is 35.3 Å². The first-order chi connectivity index (χ1) is 18.8. The highest BCUT2D eigenvalue weighted by Crippen LogP contribution is 2.47. The van der Waals surface area contributed by atoms with Crippen molar-refractivity contribution in [1.82, 2.24) is 14.5 Å². The van der Waals surface area contributed by atoms with Crippen LogP contribution in [0.25, 0.3) is 11.0 Å². The fourth-order valence-electron chi connectivity index (χ4n) is 6.15. The van der Waals surface area contributed by atoms with E-state index >= 15 is 0 Å². The van der Waals surface area contributed by atoms with Gasteiger partial charge in [-0.15, -0.1) is 0 Å². The van der Waals surface area contributed by atoms with E-state index in [4.69, 9.17) is 4.43 Å². The van der Waals surface area contributed by atoms with Crippen LogP contribution in [0.1, 0.15) is 76.6 Å². The van der Waals surface area contributed by atoms with Crippen molar-refractivity contribution in [1.29, 1.82) is 0 Å². The Bertz CT molecular complexity index is 1530. The quantitative estimate of drug-likeness (QED) is 0.216. The Labute approximate surface area is 239 Å². The van der Waals surface area contributed by atoms with Gasteiger partial charge in [-0.3, -0.25) is 4.55 Å². The van der Waals surface area contributed by atoms with Gasteiger partial charge in [-0.2, -0.15) is 8.42 Å². The SMILES string of the molecule is CC/C(=C\S(=O)(=O)O)[C@@H]1C[C@@H](n2ccc3c(N[C@H]4CCc5ccccc54)ncnc32)C[C@H]1O[Si](C)(C)C(C)(C)C. The summed E-state index contributed by atoms with van der Waals surface area (Å²) >= 11 is 0. The Morgan fingerprint density at radius 3 is 2.65 bits per heavy atom. The number of nitrogens with one attached hydrogen (secondary N) is 1. The highest BCUT2D eigenvalue weighted by Gasteiger charge is 2.45. The van der Waals surface area contributed by atoms with Gasteiger partial charge >= 0.3 is 0 Å². The molecule has 0 aliphatic heterocycles. The summed E-state index contributed by atoms with van der Waals surface area (Å²) in [6.07, 6.45) is 7.61. The monoisotopic (exact) mass is 582 g/mol. The molecule has 10 heteroatoms. The highest BCUT2D eigenvalue weighted by molar-refractivity contribution is 7.88. The number of aryl methyl sites for hydroxylation is 1. The molecule has 0 spiro atoms. The molecule has 216 valence electrons. The molecule has 2 aliphatic rings. The summed E-state index contributed by atoms with van der Waals surface area (Å²) in [5.74, 6) is 0.715. The normalized spacial score (nSPS) is 24.0. The molecule has 2 heterocycles. The second-order valence-electron chi connectivity index (χ2n) is 12.8. The summed E-state index contributed by atoms with van der Waals surface area (Å²) in [5, 5.41) is 5.71. The summed E-state index contributed by atoms with van der Waals surface area (Å²) in [7, 11) is -6.39. The number of hydrogen-bond acceptors (Lipinski definition) is 6. The first kappa shape index (κ1) is 29.0. The lowest BCUT2D eigenvalue weighted by molar-refractivity contribution is 0.152. The average molecular weight is 583 g/mol. The van der Waals surface area contributed by atoms with E-state index in [1.54, 1.807) is 6.33 Å². The van der Waals surface area contributed by atoms with Crippen LogP contribution in [0.3, 0.4) is 0 Å². The van der Waals surface area contributed by atoms with E-state index in [0.29, 0.717) is 18.4 Å². The summed E-state index contributed by atoms with van der Waals surface area (Å²) in [6, 6.07) is 10.9. The van der Waals surface area contributed by atoms with Crippen molar-refractivity contribution in [3.8, 4) is 0 Å². The van der Waals surface area contributed by atoms with Crippen LogP contribution in [0, 0.1) is 5.92 Å². The molecule has 2 aliphatic carbocycles. The van der Waals surface area contributed by atoms with Crippen molar-refractivity contribution in [2.45, 2.75) is 96.1 Å². The van der Waals surface area contributed by atoms with Crippen LogP contribution in [-0.2, 0) is 21.0 Å². The predicted molar refractivity (Wildman–Crippen MR) is 162 cm³/mol. The van der Waals surface area contributed by atoms with Gasteiger partial charge in [0.1, 0.15) is 17.8 Å². The Kier molecular flexibility index (Phi) is 7.75. The molecule has 5 rings (SSSR count). The maximum absolute atomic E-state index is 11.9. The molecule has 1 aromatic carbocycles. The lowest BCUT2D eigenvalue weighted by atomic mass is 9.95. The van der Waals surface area contributed by atoms with Crippen molar-refractivity contribution in [2.75, 3.05) is 5.32 Å². The van der Waals surface area contributed by atoms with Gasteiger partial charge in [0.2, 0.25) is 0 Å². The van der Waals surface area contributed by atoms with E-state index in [-0.39, 0.29) is 29.1 Å². The second kappa shape index (κ2) is 10.7. The molecule has 2 aromatic heterocycles. The molecule has 3 aromatic rings. The molecule has 4 atom stereocenters. The molecular formula is C30H42N4O4SSi. The number of aromatic nitrogens is 3. The van der Waals surface area contributed by atoms with Gasteiger partial charge in [0.05, 0.1) is 22.9 Å². The summed E-state index contributed by atoms with van der Waals surface area (Å²) in [4.78, 5) is 9.30. The van der Waals surface area contributed by atoms with Crippen LogP contribution in [0.4, 0.5) is 5.82 Å². The zero-order valence-corrected chi connectivity index (χ0v) is 26.2. The Morgan fingerprint density at radius 1 is 1.20 bits per heavy atom. The number of rotatable bonds is 8. The third-order valence-electron chi connectivity index (χ3n) is 9.26. The van der Waals surface area contributed by atoms with E-state index in [2.05, 4.69) is 90.2 Å². The van der Waals surface area contributed by atoms with Crippen LogP contribution in [-0.4, -0.2) is 41.9 Å². The molecule has 0 bridgehead atoms. The number of nitrogens with zero attached hydrogens (tertiary/aromatic N) is 3. The lowest BCUT2D eigenvalue weighted by Gasteiger charge is -2.40. The van der Waals surface area contributed by atoms with Gasteiger partial charge in [-0.1, -0.05) is 57.5 Å². The van der Waals surface area contributed by atoms with Gasteiger partial charge in [0, 0.05) is 18.2 Å². The molecule has 0 amide bonds. The van der Waals surface area contributed by atoms with Crippen LogP contribution in [0.15, 0.2) is 53.8 Å². The Hall–Kier alpha value is -2.53. The van der Waals surface area contributed by atoms with Gasteiger partial charge in [0.15, 0.2) is 8.32 Å². The zero-order valence-electron chi connectivity index (χ0n) is 24.4. The maximum atomic E-state index is 11.9. The second-order valence-corrected chi connectivity index (χ2v) is 18.8. The van der Waals surface area contributed by atoms with E-state index in [1.807, 2.05) is 6.92 Å². The average Bonchev–Trinajstić information content (AvgIpc) is 3.59. The number of benzene rings is 1. The van der Waals surface area contributed by atoms with Crippen LogP contribution in [0.5, 0.6) is 0 Å². The maximum Gasteiger partial charge on any atom is 0.287 e. The van der Waals surface area contributed by atoms with Crippen LogP contribution >= 0.6 is 0 Å². The smallest absolute Gasteiger partial charge is 0.287 e. The number of hydrogen-bond donors (Lipinski definition) is 2. The van der Waals surface area contributed by atoms with Gasteiger partial charge < -0.3 is 14.3 Å². The standard InChI is InChI=1S/C30H42N4O4SSi/c1-7-20(18-39(35,36)37)25-16-22(17-27(25)38-40(5,6)30(2,3)4)34-15-14-24-28(31-19-32-29(24)34)33-26-13-12-21-10-8-9-11-23(21)26/h8-11,14-15,18-19,22,25-27H,7,12-13,16-17H2,1-6H3,(H,31,32,33)(H,35,36,37)/b20-18+/t22-,25+,26+,27-/m1/s1. The van der Waals surface area contributed by atoms with E-state index in [0.717, 1.165) is 41.5 Å².